The number of rotatable bonds is 6. The minimum atomic E-state index is -0.162. The van der Waals surface area contributed by atoms with Gasteiger partial charge in [-0.05, 0) is 12.3 Å². The molecule has 0 aromatic carbocycles. The number of nitrogens with two attached hydrogens (primary N) is 1. The summed E-state index contributed by atoms with van der Waals surface area (Å²) in [6, 6.07) is 0. The minimum absolute atomic E-state index is 0.0431. The van der Waals surface area contributed by atoms with Gasteiger partial charge in [-0.15, -0.1) is 0 Å². The lowest BCUT2D eigenvalue weighted by atomic mass is 9.90. The van der Waals surface area contributed by atoms with Crippen LogP contribution in [0.1, 0.15) is 46.5 Å². The third-order valence-corrected chi connectivity index (χ3v) is 2.45. The molecule has 0 spiro atoms. The monoisotopic (exact) mass is 171 g/mol. The number of hydrogen-bond donors (Lipinski definition) is 1. The Morgan fingerprint density at radius 2 is 2.00 bits per heavy atom. The average Bonchev–Trinajstić information content (AvgIpc) is 2.03. The van der Waals surface area contributed by atoms with Crippen molar-refractivity contribution < 1.29 is 4.79 Å². The standard InChI is InChI=1S/C10H21NO/c1-4-6-9(5-2)7-8(3)10(11)12/h8-9H,4-7H2,1-3H3,(H2,11,12). The van der Waals surface area contributed by atoms with Crippen LogP contribution in [0, 0.1) is 11.8 Å². The second-order valence-electron chi connectivity index (χ2n) is 3.60. The van der Waals surface area contributed by atoms with Crippen molar-refractivity contribution >= 4 is 5.91 Å². The molecule has 0 heterocycles. The summed E-state index contributed by atoms with van der Waals surface area (Å²) in [5.41, 5.74) is 5.20. The van der Waals surface area contributed by atoms with Gasteiger partial charge in [-0.2, -0.15) is 0 Å². The lowest BCUT2D eigenvalue weighted by Gasteiger charge is -2.16. The van der Waals surface area contributed by atoms with Crippen molar-refractivity contribution in [2.75, 3.05) is 0 Å². The summed E-state index contributed by atoms with van der Waals surface area (Å²) in [5, 5.41) is 0. The van der Waals surface area contributed by atoms with Crippen LogP contribution in [0.5, 0.6) is 0 Å². The van der Waals surface area contributed by atoms with Crippen molar-refractivity contribution in [3.05, 3.63) is 0 Å². The Bertz CT molecular complexity index is 134. The maximum Gasteiger partial charge on any atom is 0.220 e. The molecule has 0 aliphatic rings. The van der Waals surface area contributed by atoms with Gasteiger partial charge in [-0.3, -0.25) is 4.79 Å². The fraction of sp³-hybridized carbons (Fsp3) is 0.900. The van der Waals surface area contributed by atoms with Crippen LogP contribution in [-0.4, -0.2) is 5.91 Å². The van der Waals surface area contributed by atoms with E-state index in [1.54, 1.807) is 0 Å². The maximum atomic E-state index is 10.8. The van der Waals surface area contributed by atoms with E-state index < -0.39 is 0 Å². The molecule has 0 fully saturated rings. The predicted octanol–water partition coefficient (Wildman–Crippen LogP) is 2.32. The molecule has 2 atom stereocenters. The Balaban J connectivity index is 3.76. The fourth-order valence-electron chi connectivity index (χ4n) is 1.51. The first-order chi connectivity index (χ1) is 5.61. The Kier molecular flexibility index (Phi) is 5.77. The second kappa shape index (κ2) is 6.04. The molecule has 2 nitrogen and oxygen atoms in total. The van der Waals surface area contributed by atoms with E-state index in [4.69, 9.17) is 5.73 Å². The Morgan fingerprint density at radius 1 is 1.42 bits per heavy atom. The molecular weight excluding hydrogens is 150 g/mol. The van der Waals surface area contributed by atoms with E-state index in [9.17, 15) is 4.79 Å². The van der Waals surface area contributed by atoms with Crippen molar-refractivity contribution in [1.29, 1.82) is 0 Å². The summed E-state index contributed by atoms with van der Waals surface area (Å²) in [4.78, 5) is 10.8. The molecular formula is C10H21NO. The lowest BCUT2D eigenvalue weighted by Crippen LogP contribution is -2.22. The topological polar surface area (TPSA) is 43.1 Å². The highest BCUT2D eigenvalue weighted by atomic mass is 16.1. The molecule has 12 heavy (non-hydrogen) atoms. The molecule has 0 rings (SSSR count). The van der Waals surface area contributed by atoms with Crippen molar-refractivity contribution in [3.8, 4) is 0 Å². The molecule has 0 saturated heterocycles. The highest BCUT2D eigenvalue weighted by Gasteiger charge is 2.14. The van der Waals surface area contributed by atoms with E-state index in [1.165, 1.54) is 12.8 Å². The zero-order valence-corrected chi connectivity index (χ0v) is 8.47. The first-order valence-corrected chi connectivity index (χ1v) is 4.91. The molecule has 1 amide bonds. The molecule has 0 aliphatic carbocycles. The first-order valence-electron chi connectivity index (χ1n) is 4.91. The fourth-order valence-corrected chi connectivity index (χ4v) is 1.51. The number of primary amides is 1. The third kappa shape index (κ3) is 4.37. The van der Waals surface area contributed by atoms with Gasteiger partial charge in [0.25, 0.3) is 0 Å². The maximum absolute atomic E-state index is 10.8. The van der Waals surface area contributed by atoms with Crippen molar-refractivity contribution in [1.82, 2.24) is 0 Å². The normalized spacial score (nSPS) is 15.6. The van der Waals surface area contributed by atoms with Gasteiger partial charge in [0.1, 0.15) is 0 Å². The molecule has 0 bridgehead atoms. The highest BCUT2D eigenvalue weighted by Crippen LogP contribution is 2.19. The van der Waals surface area contributed by atoms with Gasteiger partial charge in [-0.1, -0.05) is 40.0 Å². The molecule has 0 saturated carbocycles. The number of hydrogen-bond acceptors (Lipinski definition) is 1. The van der Waals surface area contributed by atoms with Gasteiger partial charge in [0.2, 0.25) is 5.91 Å². The van der Waals surface area contributed by atoms with Gasteiger partial charge in [0, 0.05) is 5.92 Å². The summed E-state index contributed by atoms with van der Waals surface area (Å²) >= 11 is 0. The molecule has 72 valence electrons. The summed E-state index contributed by atoms with van der Waals surface area (Å²) in [6.45, 7) is 6.27. The van der Waals surface area contributed by atoms with Crippen LogP contribution >= 0.6 is 0 Å². The largest absolute Gasteiger partial charge is 0.369 e. The molecule has 0 radical (unpaired) electrons. The molecule has 0 aromatic rings. The quantitative estimate of drug-likeness (QED) is 0.655. The Labute approximate surface area is 75.5 Å². The molecule has 0 aliphatic heterocycles. The Hall–Kier alpha value is -0.530. The SMILES string of the molecule is CCCC(CC)CC(C)C(N)=O. The van der Waals surface area contributed by atoms with E-state index in [1.807, 2.05) is 6.92 Å². The summed E-state index contributed by atoms with van der Waals surface area (Å²) in [5.74, 6) is 0.559. The molecule has 2 unspecified atom stereocenters. The van der Waals surface area contributed by atoms with Crippen LogP contribution in [0.3, 0.4) is 0 Å². The van der Waals surface area contributed by atoms with E-state index in [2.05, 4.69) is 13.8 Å². The molecule has 2 N–H and O–H groups in total. The van der Waals surface area contributed by atoms with Crippen LogP contribution in [-0.2, 0) is 4.79 Å². The van der Waals surface area contributed by atoms with Crippen molar-refractivity contribution in [2.45, 2.75) is 46.5 Å². The van der Waals surface area contributed by atoms with Gasteiger partial charge in [-0.25, -0.2) is 0 Å². The second-order valence-corrected chi connectivity index (χ2v) is 3.60. The van der Waals surface area contributed by atoms with Gasteiger partial charge in [0.05, 0.1) is 0 Å². The summed E-state index contributed by atoms with van der Waals surface area (Å²) < 4.78 is 0. The van der Waals surface area contributed by atoms with E-state index in [0.29, 0.717) is 5.92 Å². The zero-order valence-electron chi connectivity index (χ0n) is 8.47. The highest BCUT2D eigenvalue weighted by molar-refractivity contribution is 5.76. The number of carbonyl (C=O) groups is 1. The van der Waals surface area contributed by atoms with Gasteiger partial charge >= 0.3 is 0 Å². The van der Waals surface area contributed by atoms with Crippen LogP contribution < -0.4 is 5.73 Å². The average molecular weight is 171 g/mol. The Morgan fingerprint density at radius 3 is 2.33 bits per heavy atom. The third-order valence-electron chi connectivity index (χ3n) is 2.45. The van der Waals surface area contributed by atoms with E-state index in [0.717, 1.165) is 12.8 Å². The van der Waals surface area contributed by atoms with Crippen LogP contribution in [0.15, 0.2) is 0 Å². The lowest BCUT2D eigenvalue weighted by molar-refractivity contribution is -0.121. The first kappa shape index (κ1) is 11.5. The van der Waals surface area contributed by atoms with Crippen LogP contribution in [0.2, 0.25) is 0 Å². The summed E-state index contributed by atoms with van der Waals surface area (Å²) in [7, 11) is 0. The van der Waals surface area contributed by atoms with Crippen LogP contribution in [0.25, 0.3) is 0 Å². The van der Waals surface area contributed by atoms with E-state index >= 15 is 0 Å². The smallest absolute Gasteiger partial charge is 0.220 e. The van der Waals surface area contributed by atoms with Crippen molar-refractivity contribution in [3.63, 3.8) is 0 Å². The van der Waals surface area contributed by atoms with Gasteiger partial charge in [0.15, 0.2) is 0 Å². The van der Waals surface area contributed by atoms with Crippen LogP contribution in [0.4, 0.5) is 0 Å². The number of amides is 1. The zero-order chi connectivity index (χ0) is 9.56. The van der Waals surface area contributed by atoms with E-state index in [-0.39, 0.29) is 11.8 Å². The van der Waals surface area contributed by atoms with Crippen molar-refractivity contribution in [2.24, 2.45) is 17.6 Å². The molecule has 2 heteroatoms. The minimum Gasteiger partial charge on any atom is -0.369 e. The van der Waals surface area contributed by atoms with Gasteiger partial charge < -0.3 is 5.73 Å². The number of carbonyl (C=O) groups excluding carboxylic acids is 1. The summed E-state index contributed by atoms with van der Waals surface area (Å²) in [6.07, 6.45) is 4.53. The molecule has 0 aromatic heterocycles. The predicted molar refractivity (Wildman–Crippen MR) is 51.7 cm³/mol.